The summed E-state index contributed by atoms with van der Waals surface area (Å²) in [5, 5.41) is 18.0. The average molecular weight is 316 g/mol. The fourth-order valence-corrected chi connectivity index (χ4v) is 2.44. The summed E-state index contributed by atoms with van der Waals surface area (Å²) in [5.41, 5.74) is -0.293. The van der Waals surface area contributed by atoms with E-state index in [1.165, 1.54) is 0 Å². The first-order valence-corrected chi connectivity index (χ1v) is 6.54. The smallest absolute Gasteiger partial charge is 0.335 e. The SMILES string of the molecule is O=C(O)c1cc(Br)c(O)c(S(=O)(=O)Cl)c1. The van der Waals surface area contributed by atoms with Crippen LogP contribution in [0.1, 0.15) is 10.4 Å². The number of aromatic hydroxyl groups is 1. The van der Waals surface area contributed by atoms with E-state index in [0.29, 0.717) is 0 Å². The quantitative estimate of drug-likeness (QED) is 0.812. The Labute approximate surface area is 97.8 Å². The summed E-state index contributed by atoms with van der Waals surface area (Å²) in [5.74, 6) is -1.94. The van der Waals surface area contributed by atoms with Crippen LogP contribution in [0, 0.1) is 0 Å². The van der Waals surface area contributed by atoms with E-state index >= 15 is 0 Å². The monoisotopic (exact) mass is 314 g/mol. The summed E-state index contributed by atoms with van der Waals surface area (Å²) in [6.07, 6.45) is 0. The zero-order valence-corrected chi connectivity index (χ0v) is 10.1. The van der Waals surface area contributed by atoms with Gasteiger partial charge in [-0.15, -0.1) is 0 Å². The van der Waals surface area contributed by atoms with E-state index in [2.05, 4.69) is 15.9 Å². The van der Waals surface area contributed by atoms with Gasteiger partial charge in [-0.2, -0.15) is 0 Å². The Morgan fingerprint density at radius 2 is 1.93 bits per heavy atom. The summed E-state index contributed by atoms with van der Waals surface area (Å²) >= 11 is 2.82. The summed E-state index contributed by atoms with van der Waals surface area (Å²) in [7, 11) is 0.828. The van der Waals surface area contributed by atoms with Gasteiger partial charge in [0.2, 0.25) is 0 Å². The molecule has 0 aliphatic rings. The minimum atomic E-state index is -4.18. The maximum absolute atomic E-state index is 11.0. The molecular weight excluding hydrogens is 311 g/mol. The Morgan fingerprint density at radius 1 is 1.40 bits per heavy atom. The van der Waals surface area contributed by atoms with E-state index in [-0.39, 0.29) is 10.0 Å². The van der Waals surface area contributed by atoms with E-state index in [0.717, 1.165) is 12.1 Å². The third-order valence-corrected chi connectivity index (χ3v) is 3.48. The molecule has 0 aliphatic carbocycles. The molecule has 0 amide bonds. The Balaban J connectivity index is 3.59. The number of carboxylic acid groups (broad SMARTS) is 1. The van der Waals surface area contributed by atoms with Gasteiger partial charge in [-0.3, -0.25) is 0 Å². The number of hydrogen-bond donors (Lipinski definition) is 2. The Hall–Kier alpha value is -0.790. The number of carbonyl (C=O) groups is 1. The number of aromatic carboxylic acids is 1. The van der Waals surface area contributed by atoms with Gasteiger partial charge in [0.1, 0.15) is 10.6 Å². The topological polar surface area (TPSA) is 91.7 Å². The zero-order chi connectivity index (χ0) is 11.8. The molecular formula is C7H4BrClO5S. The van der Waals surface area contributed by atoms with Gasteiger partial charge in [-0.05, 0) is 28.1 Å². The Bertz CT molecular complexity index is 524. The Kier molecular flexibility index (Phi) is 3.27. The van der Waals surface area contributed by atoms with Crippen molar-refractivity contribution in [2.24, 2.45) is 0 Å². The molecule has 0 saturated carbocycles. The van der Waals surface area contributed by atoms with Crippen LogP contribution in [0.15, 0.2) is 21.5 Å². The first-order valence-electron chi connectivity index (χ1n) is 3.44. The molecule has 1 aromatic rings. The van der Waals surface area contributed by atoms with Crippen molar-refractivity contribution >= 4 is 41.6 Å². The predicted molar refractivity (Wildman–Crippen MR) is 55.8 cm³/mol. The fourth-order valence-electron chi connectivity index (χ4n) is 0.883. The van der Waals surface area contributed by atoms with Gasteiger partial charge in [-0.1, -0.05) is 0 Å². The zero-order valence-electron chi connectivity index (χ0n) is 6.94. The van der Waals surface area contributed by atoms with Gasteiger partial charge in [0.05, 0.1) is 10.0 Å². The molecule has 15 heavy (non-hydrogen) atoms. The maximum atomic E-state index is 11.0. The van der Waals surface area contributed by atoms with Crippen LogP contribution >= 0.6 is 26.6 Å². The molecule has 0 spiro atoms. The number of rotatable bonds is 2. The first-order chi connectivity index (χ1) is 6.73. The lowest BCUT2D eigenvalue weighted by atomic mass is 10.2. The molecule has 0 fully saturated rings. The highest BCUT2D eigenvalue weighted by atomic mass is 79.9. The highest BCUT2D eigenvalue weighted by molar-refractivity contribution is 9.10. The van der Waals surface area contributed by atoms with E-state index in [9.17, 15) is 18.3 Å². The van der Waals surface area contributed by atoms with Gasteiger partial charge in [0, 0.05) is 10.7 Å². The van der Waals surface area contributed by atoms with Crippen molar-refractivity contribution in [1.82, 2.24) is 0 Å². The van der Waals surface area contributed by atoms with Crippen molar-refractivity contribution in [2.45, 2.75) is 4.90 Å². The third-order valence-electron chi connectivity index (χ3n) is 1.54. The number of benzene rings is 1. The normalized spacial score (nSPS) is 11.3. The fraction of sp³-hybridized carbons (Fsp3) is 0. The lowest BCUT2D eigenvalue weighted by Gasteiger charge is -2.04. The Morgan fingerprint density at radius 3 is 2.33 bits per heavy atom. The van der Waals surface area contributed by atoms with E-state index in [1.54, 1.807) is 0 Å². The van der Waals surface area contributed by atoms with Crippen LogP contribution in [-0.2, 0) is 9.05 Å². The molecule has 1 aromatic carbocycles. The lowest BCUT2D eigenvalue weighted by molar-refractivity contribution is 0.0696. The summed E-state index contributed by atoms with van der Waals surface area (Å²) in [4.78, 5) is 9.96. The van der Waals surface area contributed by atoms with E-state index in [1.807, 2.05) is 0 Å². The standard InChI is InChI=1S/C7H4BrClO5S/c8-4-1-3(7(11)12)2-5(6(4)10)15(9,13)14/h1-2,10H,(H,11,12). The molecule has 1 rings (SSSR count). The molecule has 0 heterocycles. The van der Waals surface area contributed by atoms with Crippen LogP contribution < -0.4 is 0 Å². The van der Waals surface area contributed by atoms with Gasteiger partial charge in [0.15, 0.2) is 0 Å². The number of hydrogen-bond acceptors (Lipinski definition) is 4. The van der Waals surface area contributed by atoms with Gasteiger partial charge in [0.25, 0.3) is 9.05 Å². The van der Waals surface area contributed by atoms with E-state index in [4.69, 9.17) is 15.8 Å². The van der Waals surface area contributed by atoms with Crippen molar-refractivity contribution in [2.75, 3.05) is 0 Å². The van der Waals surface area contributed by atoms with Gasteiger partial charge >= 0.3 is 5.97 Å². The van der Waals surface area contributed by atoms with Crippen molar-refractivity contribution in [3.8, 4) is 5.75 Å². The number of carboxylic acids is 1. The van der Waals surface area contributed by atoms with Crippen LogP contribution in [0.3, 0.4) is 0 Å². The summed E-state index contributed by atoms with van der Waals surface area (Å²) in [6, 6.07) is 1.86. The summed E-state index contributed by atoms with van der Waals surface area (Å²) in [6.45, 7) is 0. The largest absolute Gasteiger partial charge is 0.505 e. The second-order valence-electron chi connectivity index (χ2n) is 2.55. The molecule has 0 aliphatic heterocycles. The van der Waals surface area contributed by atoms with Crippen LogP contribution in [0.2, 0.25) is 0 Å². The summed E-state index contributed by atoms with van der Waals surface area (Å²) < 4.78 is 21.9. The first kappa shape index (κ1) is 12.3. The van der Waals surface area contributed by atoms with Crippen molar-refractivity contribution in [3.63, 3.8) is 0 Å². The average Bonchev–Trinajstić information content (AvgIpc) is 2.06. The van der Waals surface area contributed by atoms with Crippen LogP contribution in [-0.4, -0.2) is 24.6 Å². The number of halogens is 2. The van der Waals surface area contributed by atoms with Gasteiger partial charge in [-0.25, -0.2) is 13.2 Å². The predicted octanol–water partition coefficient (Wildman–Crippen LogP) is 1.78. The second kappa shape index (κ2) is 3.99. The maximum Gasteiger partial charge on any atom is 0.335 e. The van der Waals surface area contributed by atoms with E-state index < -0.39 is 25.7 Å². The third kappa shape index (κ3) is 2.61. The van der Waals surface area contributed by atoms with Gasteiger partial charge < -0.3 is 10.2 Å². The lowest BCUT2D eigenvalue weighted by Crippen LogP contribution is -2.00. The highest BCUT2D eigenvalue weighted by Crippen LogP contribution is 2.34. The molecule has 0 radical (unpaired) electrons. The highest BCUT2D eigenvalue weighted by Gasteiger charge is 2.20. The molecule has 0 bridgehead atoms. The molecule has 8 heteroatoms. The number of phenols is 1. The van der Waals surface area contributed by atoms with Crippen molar-refractivity contribution in [1.29, 1.82) is 0 Å². The molecule has 0 aromatic heterocycles. The molecule has 0 atom stereocenters. The number of phenolic OH excluding ortho intramolecular Hbond substituents is 1. The molecule has 0 saturated heterocycles. The minimum Gasteiger partial charge on any atom is -0.505 e. The molecule has 82 valence electrons. The minimum absolute atomic E-state index is 0.0541. The van der Waals surface area contributed by atoms with Crippen molar-refractivity contribution in [3.05, 3.63) is 22.2 Å². The van der Waals surface area contributed by atoms with Crippen LogP contribution in [0.25, 0.3) is 0 Å². The molecule has 5 nitrogen and oxygen atoms in total. The molecule has 0 unspecified atom stereocenters. The van der Waals surface area contributed by atoms with Crippen LogP contribution in [0.5, 0.6) is 5.75 Å². The van der Waals surface area contributed by atoms with Crippen molar-refractivity contribution < 1.29 is 23.4 Å². The van der Waals surface area contributed by atoms with Crippen LogP contribution in [0.4, 0.5) is 0 Å². The molecule has 2 N–H and O–H groups in total. The second-order valence-corrected chi connectivity index (χ2v) is 5.94.